The molecular formula is C16H16N2O3. The molecule has 1 atom stereocenters. The number of imide groups is 1. The van der Waals surface area contributed by atoms with Gasteiger partial charge in [-0.3, -0.25) is 19.7 Å². The van der Waals surface area contributed by atoms with Gasteiger partial charge in [-0.1, -0.05) is 24.3 Å². The Balaban J connectivity index is 1.86. The maximum absolute atomic E-state index is 12.5. The molecule has 2 aliphatic rings. The summed E-state index contributed by atoms with van der Waals surface area (Å²) in [7, 11) is 0. The average Bonchev–Trinajstić information content (AvgIpc) is 2.77. The lowest BCUT2D eigenvalue weighted by atomic mass is 10.0. The first-order valence-corrected chi connectivity index (χ1v) is 7.00. The second-order valence-corrected chi connectivity index (χ2v) is 5.32. The fraction of sp³-hybridized carbons (Fsp3) is 0.312. The first kappa shape index (κ1) is 13.5. The molecule has 1 aromatic carbocycles. The maximum Gasteiger partial charge on any atom is 0.255 e. The van der Waals surface area contributed by atoms with E-state index >= 15 is 0 Å². The van der Waals surface area contributed by atoms with Gasteiger partial charge >= 0.3 is 0 Å². The van der Waals surface area contributed by atoms with Crippen LogP contribution in [0.3, 0.4) is 0 Å². The Labute approximate surface area is 122 Å². The highest BCUT2D eigenvalue weighted by Crippen LogP contribution is 2.28. The third-order valence-corrected chi connectivity index (χ3v) is 3.91. The van der Waals surface area contributed by atoms with Crippen molar-refractivity contribution < 1.29 is 14.4 Å². The van der Waals surface area contributed by atoms with Crippen LogP contribution in [0.5, 0.6) is 0 Å². The Hall–Kier alpha value is -2.43. The van der Waals surface area contributed by atoms with E-state index in [1.165, 1.54) is 0 Å². The normalized spacial score (nSPS) is 21.9. The van der Waals surface area contributed by atoms with E-state index in [2.05, 4.69) is 5.32 Å². The van der Waals surface area contributed by atoms with Gasteiger partial charge in [0.05, 0.1) is 0 Å². The zero-order valence-electron chi connectivity index (χ0n) is 11.8. The molecule has 1 saturated heterocycles. The summed E-state index contributed by atoms with van der Waals surface area (Å²) >= 11 is 0. The van der Waals surface area contributed by atoms with Gasteiger partial charge in [-0.05, 0) is 30.5 Å². The molecular weight excluding hydrogens is 268 g/mol. The van der Waals surface area contributed by atoms with Gasteiger partial charge in [0.25, 0.3) is 5.91 Å². The minimum absolute atomic E-state index is 0.133. The Morgan fingerprint density at radius 2 is 2.10 bits per heavy atom. The van der Waals surface area contributed by atoms with Gasteiger partial charge in [-0.2, -0.15) is 0 Å². The minimum Gasteiger partial charge on any atom is -0.322 e. The summed E-state index contributed by atoms with van der Waals surface area (Å²) in [6.45, 7) is 2.35. The van der Waals surface area contributed by atoms with E-state index in [1.54, 1.807) is 4.90 Å². The van der Waals surface area contributed by atoms with Gasteiger partial charge in [-0.15, -0.1) is 0 Å². The lowest BCUT2D eigenvalue weighted by Gasteiger charge is -2.29. The van der Waals surface area contributed by atoms with E-state index < -0.39 is 6.04 Å². The number of piperidine rings is 1. The van der Waals surface area contributed by atoms with Crippen LogP contribution in [-0.4, -0.2) is 28.7 Å². The predicted octanol–water partition coefficient (Wildman–Crippen LogP) is 1.48. The van der Waals surface area contributed by atoms with Crippen LogP contribution in [0.1, 0.15) is 41.3 Å². The number of nitrogens with one attached hydrogen (secondary N) is 1. The Morgan fingerprint density at radius 1 is 1.29 bits per heavy atom. The molecule has 3 amide bonds. The van der Waals surface area contributed by atoms with Crippen molar-refractivity contribution in [2.24, 2.45) is 0 Å². The molecule has 1 aromatic rings. The minimum atomic E-state index is -0.548. The third-order valence-electron chi connectivity index (χ3n) is 3.91. The van der Waals surface area contributed by atoms with Crippen molar-refractivity contribution in [1.82, 2.24) is 10.2 Å². The second-order valence-electron chi connectivity index (χ2n) is 5.32. The highest BCUT2D eigenvalue weighted by Gasteiger charge is 2.38. The molecule has 5 nitrogen and oxygen atoms in total. The summed E-state index contributed by atoms with van der Waals surface area (Å²) in [6, 6.07) is 5.19. The highest BCUT2D eigenvalue weighted by atomic mass is 16.2. The standard InChI is InChI=1S/C16H16N2O3/c1-2-3-10-4-5-11-9-18(16(21)12(11)8-10)13-6-7-14(19)17-15(13)20/h2-5,8,13H,6-7,9H2,1H3,(H,17,19,20)/b3-2-. The van der Waals surface area contributed by atoms with Crippen LogP contribution in [0.15, 0.2) is 24.3 Å². The first-order valence-electron chi connectivity index (χ1n) is 7.00. The molecule has 5 heteroatoms. The van der Waals surface area contributed by atoms with Crippen LogP contribution in [-0.2, 0) is 16.1 Å². The zero-order chi connectivity index (χ0) is 15.0. The van der Waals surface area contributed by atoms with Crippen molar-refractivity contribution in [3.05, 3.63) is 41.0 Å². The van der Waals surface area contributed by atoms with Gasteiger partial charge in [0.1, 0.15) is 6.04 Å². The lowest BCUT2D eigenvalue weighted by Crippen LogP contribution is -2.52. The molecule has 3 rings (SSSR count). The quantitative estimate of drug-likeness (QED) is 0.837. The van der Waals surface area contributed by atoms with Crippen molar-refractivity contribution >= 4 is 23.8 Å². The molecule has 0 aromatic heterocycles. The van der Waals surface area contributed by atoms with Crippen LogP contribution in [0.4, 0.5) is 0 Å². The SMILES string of the molecule is C/C=C\c1ccc2c(c1)C(=O)N(C1CCC(=O)NC1=O)C2. The van der Waals surface area contributed by atoms with Crippen molar-refractivity contribution in [2.75, 3.05) is 0 Å². The smallest absolute Gasteiger partial charge is 0.255 e. The summed E-state index contributed by atoms with van der Waals surface area (Å²) in [6.07, 6.45) is 4.52. The Bertz CT molecular complexity index is 663. The summed E-state index contributed by atoms with van der Waals surface area (Å²) in [5, 5.41) is 2.30. The summed E-state index contributed by atoms with van der Waals surface area (Å²) < 4.78 is 0. The molecule has 1 N–H and O–H groups in total. The van der Waals surface area contributed by atoms with Crippen LogP contribution in [0.25, 0.3) is 6.08 Å². The summed E-state index contributed by atoms with van der Waals surface area (Å²) in [4.78, 5) is 37.2. The van der Waals surface area contributed by atoms with Crippen LogP contribution in [0.2, 0.25) is 0 Å². The number of allylic oxidation sites excluding steroid dienone is 1. The molecule has 0 bridgehead atoms. The number of nitrogens with zero attached hydrogens (tertiary/aromatic N) is 1. The molecule has 0 saturated carbocycles. The topological polar surface area (TPSA) is 66.5 Å². The predicted molar refractivity (Wildman–Crippen MR) is 77.2 cm³/mol. The molecule has 1 unspecified atom stereocenters. The van der Waals surface area contributed by atoms with E-state index in [4.69, 9.17) is 0 Å². The van der Waals surface area contributed by atoms with E-state index in [-0.39, 0.29) is 24.1 Å². The molecule has 2 aliphatic heterocycles. The number of benzene rings is 1. The van der Waals surface area contributed by atoms with E-state index in [9.17, 15) is 14.4 Å². The van der Waals surface area contributed by atoms with Crippen molar-refractivity contribution in [3.63, 3.8) is 0 Å². The van der Waals surface area contributed by atoms with Gasteiger partial charge < -0.3 is 4.90 Å². The molecule has 0 spiro atoms. The highest BCUT2D eigenvalue weighted by molar-refractivity contribution is 6.05. The number of hydrogen-bond donors (Lipinski definition) is 1. The molecule has 0 radical (unpaired) electrons. The fourth-order valence-corrected chi connectivity index (χ4v) is 2.87. The number of carbonyl (C=O) groups is 3. The summed E-state index contributed by atoms with van der Waals surface area (Å²) in [5.74, 6) is -0.775. The van der Waals surface area contributed by atoms with Crippen LogP contribution < -0.4 is 5.32 Å². The Morgan fingerprint density at radius 3 is 2.81 bits per heavy atom. The number of carbonyl (C=O) groups excluding carboxylic acids is 3. The maximum atomic E-state index is 12.5. The van der Waals surface area contributed by atoms with Crippen molar-refractivity contribution in [3.8, 4) is 0 Å². The monoisotopic (exact) mass is 284 g/mol. The lowest BCUT2D eigenvalue weighted by molar-refractivity contribution is -0.136. The molecule has 2 heterocycles. The molecule has 0 aliphatic carbocycles. The number of amides is 3. The second kappa shape index (κ2) is 5.16. The van der Waals surface area contributed by atoms with Gasteiger partial charge in [0.15, 0.2) is 0 Å². The molecule has 1 fully saturated rings. The Kier molecular flexibility index (Phi) is 3.33. The zero-order valence-corrected chi connectivity index (χ0v) is 11.8. The van der Waals surface area contributed by atoms with Crippen molar-refractivity contribution in [1.29, 1.82) is 0 Å². The largest absolute Gasteiger partial charge is 0.322 e. The fourth-order valence-electron chi connectivity index (χ4n) is 2.87. The van der Waals surface area contributed by atoms with Gasteiger partial charge in [0.2, 0.25) is 11.8 Å². The average molecular weight is 284 g/mol. The third kappa shape index (κ3) is 2.35. The molecule has 21 heavy (non-hydrogen) atoms. The van der Waals surface area contributed by atoms with E-state index in [0.717, 1.165) is 11.1 Å². The van der Waals surface area contributed by atoms with Crippen molar-refractivity contribution in [2.45, 2.75) is 32.4 Å². The van der Waals surface area contributed by atoms with Gasteiger partial charge in [0, 0.05) is 18.5 Å². The van der Waals surface area contributed by atoms with Crippen LogP contribution >= 0.6 is 0 Å². The number of fused-ring (bicyclic) bond motifs is 1. The van der Waals surface area contributed by atoms with Crippen LogP contribution in [0, 0.1) is 0 Å². The summed E-state index contributed by atoms with van der Waals surface area (Å²) in [5.41, 5.74) is 2.54. The van der Waals surface area contributed by atoms with E-state index in [1.807, 2.05) is 37.3 Å². The molecule has 108 valence electrons. The number of hydrogen-bond acceptors (Lipinski definition) is 3. The van der Waals surface area contributed by atoms with E-state index in [0.29, 0.717) is 18.5 Å². The first-order chi connectivity index (χ1) is 10.1. The van der Waals surface area contributed by atoms with Gasteiger partial charge in [-0.25, -0.2) is 0 Å². The number of rotatable bonds is 2.